The van der Waals surface area contributed by atoms with Crippen LogP contribution in [0.3, 0.4) is 0 Å². The zero-order valence-corrected chi connectivity index (χ0v) is 22.8. The van der Waals surface area contributed by atoms with Gasteiger partial charge < -0.3 is 9.80 Å². The number of unbranched alkanes of at least 4 members (excludes halogenated alkanes) is 8. The van der Waals surface area contributed by atoms with Crippen LogP contribution in [0.5, 0.6) is 0 Å². The number of para-hydroxylation sites is 2. The monoisotopic (exact) mass is 464 g/mol. The summed E-state index contributed by atoms with van der Waals surface area (Å²) < 4.78 is 0. The van der Waals surface area contributed by atoms with Gasteiger partial charge in [0, 0.05) is 48.7 Å². The zero-order valence-electron chi connectivity index (χ0n) is 22.8. The summed E-state index contributed by atoms with van der Waals surface area (Å²) in [5, 5.41) is 0. The number of anilines is 2. The molecule has 0 heterocycles. The van der Waals surface area contributed by atoms with Gasteiger partial charge in [0.2, 0.25) is 0 Å². The summed E-state index contributed by atoms with van der Waals surface area (Å²) in [6.45, 7) is 13.9. The average Bonchev–Trinajstić information content (AvgIpc) is 2.87. The Bertz CT molecular complexity index is 684. The van der Waals surface area contributed by atoms with Crippen molar-refractivity contribution in [1.29, 1.82) is 0 Å². The lowest BCUT2D eigenvalue weighted by molar-refractivity contribution is 0.635. The van der Waals surface area contributed by atoms with E-state index in [1.165, 1.54) is 99.6 Å². The van der Waals surface area contributed by atoms with Crippen molar-refractivity contribution in [3.8, 4) is 11.1 Å². The fourth-order valence-electron chi connectivity index (χ4n) is 4.87. The van der Waals surface area contributed by atoms with Gasteiger partial charge in [-0.25, -0.2) is 0 Å². The molecule has 190 valence electrons. The van der Waals surface area contributed by atoms with E-state index in [-0.39, 0.29) is 0 Å². The standard InChI is InChI=1S/C32H52N2/c1-5-9-17-25-33(26-18-10-6-2)31-23-15-13-21-29(31)30-22-14-16-24-32(30)34(27-19-11-7-3)28-20-12-8-4/h13-16,21-24H,5-12,17-20,25-28H2,1-4H3. The SMILES string of the molecule is CCCCCN(CCCCC)c1ccccc1-c1ccccc1N(CCCCC)CCCCC. The second-order valence-corrected chi connectivity index (χ2v) is 9.84. The fourth-order valence-corrected chi connectivity index (χ4v) is 4.87. The van der Waals surface area contributed by atoms with Crippen LogP contribution in [-0.4, -0.2) is 26.2 Å². The molecule has 2 rings (SSSR count). The molecule has 0 aliphatic heterocycles. The summed E-state index contributed by atoms with van der Waals surface area (Å²) in [7, 11) is 0. The molecule has 0 radical (unpaired) electrons. The number of benzene rings is 2. The lowest BCUT2D eigenvalue weighted by Crippen LogP contribution is -2.27. The zero-order chi connectivity index (χ0) is 24.4. The van der Waals surface area contributed by atoms with Crippen LogP contribution < -0.4 is 9.80 Å². The van der Waals surface area contributed by atoms with Gasteiger partial charge in [0.25, 0.3) is 0 Å². The van der Waals surface area contributed by atoms with Crippen molar-refractivity contribution in [3.63, 3.8) is 0 Å². The summed E-state index contributed by atoms with van der Waals surface area (Å²) in [6, 6.07) is 18.4. The molecule has 0 spiro atoms. The van der Waals surface area contributed by atoms with E-state index in [9.17, 15) is 0 Å². The maximum absolute atomic E-state index is 2.68. The Hall–Kier alpha value is -1.96. The van der Waals surface area contributed by atoms with Gasteiger partial charge in [-0.05, 0) is 37.8 Å². The van der Waals surface area contributed by atoms with Gasteiger partial charge in [0.15, 0.2) is 0 Å². The summed E-state index contributed by atoms with van der Waals surface area (Å²) in [5.41, 5.74) is 5.65. The molecule has 0 fully saturated rings. The molecule has 34 heavy (non-hydrogen) atoms. The Morgan fingerprint density at radius 1 is 0.412 bits per heavy atom. The fraction of sp³-hybridized carbons (Fsp3) is 0.625. The Morgan fingerprint density at radius 2 is 0.706 bits per heavy atom. The van der Waals surface area contributed by atoms with E-state index in [0.717, 1.165) is 26.2 Å². The van der Waals surface area contributed by atoms with Crippen LogP contribution in [0.15, 0.2) is 48.5 Å². The van der Waals surface area contributed by atoms with Gasteiger partial charge in [-0.1, -0.05) is 115 Å². The van der Waals surface area contributed by atoms with Crippen LogP contribution >= 0.6 is 0 Å². The molecule has 2 aromatic carbocycles. The minimum absolute atomic E-state index is 1.16. The first-order valence-corrected chi connectivity index (χ1v) is 14.4. The molecule has 0 N–H and O–H groups in total. The van der Waals surface area contributed by atoms with Crippen LogP contribution in [0.2, 0.25) is 0 Å². The molecule has 0 unspecified atom stereocenters. The molecular formula is C32H52N2. The largest absolute Gasteiger partial charge is 0.371 e. The third kappa shape index (κ3) is 9.35. The predicted molar refractivity (Wildman–Crippen MR) is 154 cm³/mol. The van der Waals surface area contributed by atoms with Crippen molar-refractivity contribution in [3.05, 3.63) is 48.5 Å². The number of hydrogen-bond donors (Lipinski definition) is 0. The van der Waals surface area contributed by atoms with E-state index < -0.39 is 0 Å². The summed E-state index contributed by atoms with van der Waals surface area (Å²) in [5.74, 6) is 0. The van der Waals surface area contributed by atoms with Crippen molar-refractivity contribution in [1.82, 2.24) is 0 Å². The number of hydrogen-bond acceptors (Lipinski definition) is 2. The Kier molecular flexibility index (Phi) is 14.5. The second-order valence-electron chi connectivity index (χ2n) is 9.84. The second kappa shape index (κ2) is 17.5. The molecule has 0 aliphatic rings. The van der Waals surface area contributed by atoms with Crippen molar-refractivity contribution < 1.29 is 0 Å². The smallest absolute Gasteiger partial charge is 0.0446 e. The minimum Gasteiger partial charge on any atom is -0.371 e. The molecule has 0 atom stereocenters. The maximum Gasteiger partial charge on any atom is 0.0446 e. The molecule has 0 amide bonds. The van der Waals surface area contributed by atoms with E-state index in [2.05, 4.69) is 86.0 Å². The highest BCUT2D eigenvalue weighted by Crippen LogP contribution is 2.38. The Labute approximate surface area is 211 Å². The van der Waals surface area contributed by atoms with Crippen molar-refractivity contribution >= 4 is 11.4 Å². The highest BCUT2D eigenvalue weighted by atomic mass is 15.1. The quantitative estimate of drug-likeness (QED) is 0.191. The summed E-state index contributed by atoms with van der Waals surface area (Å²) in [4.78, 5) is 5.35. The van der Waals surface area contributed by atoms with Crippen LogP contribution in [0, 0.1) is 0 Å². The van der Waals surface area contributed by atoms with Crippen molar-refractivity contribution in [2.45, 2.75) is 105 Å². The number of nitrogens with zero attached hydrogens (tertiary/aromatic N) is 2. The molecule has 0 saturated heterocycles. The molecule has 0 saturated carbocycles. The van der Waals surface area contributed by atoms with E-state index in [0.29, 0.717) is 0 Å². The normalized spacial score (nSPS) is 11.1. The third-order valence-corrected chi connectivity index (χ3v) is 6.91. The summed E-state index contributed by atoms with van der Waals surface area (Å²) >= 11 is 0. The molecule has 0 aliphatic carbocycles. The molecule has 2 nitrogen and oxygen atoms in total. The van der Waals surface area contributed by atoms with E-state index in [1.807, 2.05) is 0 Å². The minimum atomic E-state index is 1.16. The van der Waals surface area contributed by atoms with Crippen LogP contribution in [0.1, 0.15) is 105 Å². The topological polar surface area (TPSA) is 6.48 Å². The highest BCUT2D eigenvalue weighted by Gasteiger charge is 2.17. The molecule has 0 aromatic heterocycles. The first-order chi connectivity index (χ1) is 16.8. The van der Waals surface area contributed by atoms with Gasteiger partial charge in [-0.15, -0.1) is 0 Å². The van der Waals surface area contributed by atoms with E-state index >= 15 is 0 Å². The van der Waals surface area contributed by atoms with Crippen LogP contribution in [0.4, 0.5) is 11.4 Å². The van der Waals surface area contributed by atoms with Crippen LogP contribution in [-0.2, 0) is 0 Å². The van der Waals surface area contributed by atoms with Crippen LogP contribution in [0.25, 0.3) is 11.1 Å². The Balaban J connectivity index is 2.40. The Morgan fingerprint density at radius 3 is 1.00 bits per heavy atom. The van der Waals surface area contributed by atoms with Gasteiger partial charge in [-0.3, -0.25) is 0 Å². The summed E-state index contributed by atoms with van der Waals surface area (Å²) in [6.07, 6.45) is 15.5. The van der Waals surface area contributed by atoms with Gasteiger partial charge >= 0.3 is 0 Å². The lowest BCUT2D eigenvalue weighted by Gasteiger charge is -2.31. The third-order valence-electron chi connectivity index (χ3n) is 6.91. The van der Waals surface area contributed by atoms with Crippen molar-refractivity contribution in [2.75, 3.05) is 36.0 Å². The van der Waals surface area contributed by atoms with E-state index in [4.69, 9.17) is 0 Å². The van der Waals surface area contributed by atoms with Gasteiger partial charge in [0.05, 0.1) is 0 Å². The molecular weight excluding hydrogens is 412 g/mol. The predicted octanol–water partition coefficient (Wildman–Crippen LogP) is 9.73. The average molecular weight is 465 g/mol. The van der Waals surface area contributed by atoms with Gasteiger partial charge in [-0.2, -0.15) is 0 Å². The molecule has 2 heteroatoms. The van der Waals surface area contributed by atoms with Gasteiger partial charge in [0.1, 0.15) is 0 Å². The first kappa shape index (κ1) is 28.3. The lowest BCUT2D eigenvalue weighted by atomic mass is 9.99. The molecule has 2 aromatic rings. The van der Waals surface area contributed by atoms with E-state index in [1.54, 1.807) is 0 Å². The molecule has 0 bridgehead atoms. The highest BCUT2D eigenvalue weighted by molar-refractivity contribution is 5.87. The first-order valence-electron chi connectivity index (χ1n) is 14.4. The maximum atomic E-state index is 2.68. The van der Waals surface area contributed by atoms with Crippen molar-refractivity contribution in [2.24, 2.45) is 0 Å². The number of rotatable bonds is 19.